The van der Waals surface area contributed by atoms with Crippen molar-refractivity contribution in [1.82, 2.24) is 10.2 Å². The quantitative estimate of drug-likeness (QED) is 0.704. The Morgan fingerprint density at radius 1 is 1.42 bits per heavy atom. The highest BCUT2D eigenvalue weighted by Gasteiger charge is 2.23. The highest BCUT2D eigenvalue weighted by molar-refractivity contribution is 5.82. The Labute approximate surface area is 114 Å². The van der Waals surface area contributed by atoms with Gasteiger partial charge in [0.2, 0.25) is 0 Å². The van der Waals surface area contributed by atoms with Gasteiger partial charge < -0.3 is 15.3 Å². The molecule has 0 spiro atoms. The molecule has 0 saturated carbocycles. The molecular formula is C13H23N3O3. The predicted octanol–water partition coefficient (Wildman–Crippen LogP) is 1.96. The van der Waals surface area contributed by atoms with Crippen LogP contribution in [0.25, 0.3) is 0 Å². The Hall–Kier alpha value is -1.77. The highest BCUT2D eigenvalue weighted by Crippen LogP contribution is 2.05. The van der Waals surface area contributed by atoms with Gasteiger partial charge in [-0.15, -0.1) is 0 Å². The topological polar surface area (TPSA) is 93.4 Å². The van der Waals surface area contributed by atoms with Gasteiger partial charge in [-0.2, -0.15) is 5.26 Å². The molecule has 0 aromatic heterocycles. The zero-order valence-electron chi connectivity index (χ0n) is 11.8. The van der Waals surface area contributed by atoms with Gasteiger partial charge >= 0.3 is 12.0 Å². The van der Waals surface area contributed by atoms with Gasteiger partial charge in [0.05, 0.1) is 12.5 Å². The number of carbonyl (C=O) groups excluding carboxylic acids is 1. The zero-order valence-corrected chi connectivity index (χ0v) is 11.8. The largest absolute Gasteiger partial charge is 0.480 e. The molecule has 19 heavy (non-hydrogen) atoms. The number of amides is 2. The summed E-state index contributed by atoms with van der Waals surface area (Å²) in [6, 6.07) is 0.618. The second kappa shape index (κ2) is 9.20. The Morgan fingerprint density at radius 2 is 2.05 bits per heavy atom. The van der Waals surface area contributed by atoms with Crippen LogP contribution in [0.15, 0.2) is 0 Å². The van der Waals surface area contributed by atoms with Crippen molar-refractivity contribution >= 4 is 12.0 Å². The van der Waals surface area contributed by atoms with Gasteiger partial charge in [-0.3, -0.25) is 0 Å². The SMILES string of the molecule is CCCCC(NC(=O)N(CCC#N)C(C)C)C(=O)O. The maximum absolute atomic E-state index is 12.0. The van der Waals surface area contributed by atoms with Crippen LogP contribution in [0, 0.1) is 11.3 Å². The van der Waals surface area contributed by atoms with E-state index in [4.69, 9.17) is 10.4 Å². The number of nitriles is 1. The summed E-state index contributed by atoms with van der Waals surface area (Å²) >= 11 is 0. The Morgan fingerprint density at radius 3 is 2.47 bits per heavy atom. The monoisotopic (exact) mass is 269 g/mol. The third-order valence-electron chi connectivity index (χ3n) is 2.79. The molecule has 0 aliphatic carbocycles. The average molecular weight is 269 g/mol. The zero-order chi connectivity index (χ0) is 14.8. The molecule has 108 valence electrons. The summed E-state index contributed by atoms with van der Waals surface area (Å²) in [7, 11) is 0. The standard InChI is InChI=1S/C13H23N3O3/c1-4-5-7-11(12(17)18)15-13(19)16(10(2)3)9-6-8-14/h10-11H,4-7,9H2,1-3H3,(H,15,19)(H,17,18). The van der Waals surface area contributed by atoms with Crippen LogP contribution in [-0.4, -0.2) is 40.6 Å². The summed E-state index contributed by atoms with van der Waals surface area (Å²) in [5, 5.41) is 20.1. The maximum atomic E-state index is 12.0. The molecule has 0 rings (SSSR count). The van der Waals surface area contributed by atoms with Crippen molar-refractivity contribution in [3.8, 4) is 6.07 Å². The van der Waals surface area contributed by atoms with Crippen molar-refractivity contribution < 1.29 is 14.7 Å². The van der Waals surface area contributed by atoms with E-state index in [1.54, 1.807) is 0 Å². The number of unbranched alkanes of at least 4 members (excludes halogenated alkanes) is 1. The molecule has 1 unspecified atom stereocenters. The third kappa shape index (κ3) is 6.65. The lowest BCUT2D eigenvalue weighted by Crippen LogP contribution is -2.50. The van der Waals surface area contributed by atoms with Crippen LogP contribution >= 0.6 is 0 Å². The summed E-state index contributed by atoms with van der Waals surface area (Å²) in [4.78, 5) is 24.5. The molecule has 2 N–H and O–H groups in total. The molecule has 1 atom stereocenters. The normalized spacial score (nSPS) is 11.7. The van der Waals surface area contributed by atoms with E-state index in [1.165, 1.54) is 4.90 Å². The van der Waals surface area contributed by atoms with Crippen molar-refractivity contribution in [3.63, 3.8) is 0 Å². The molecule has 0 aliphatic heterocycles. The summed E-state index contributed by atoms with van der Waals surface area (Å²) in [6.07, 6.45) is 2.28. The number of urea groups is 1. The predicted molar refractivity (Wildman–Crippen MR) is 71.6 cm³/mol. The minimum absolute atomic E-state index is 0.0750. The number of hydrogen-bond donors (Lipinski definition) is 2. The Balaban J connectivity index is 4.57. The van der Waals surface area contributed by atoms with E-state index in [0.29, 0.717) is 13.0 Å². The van der Waals surface area contributed by atoms with Gasteiger partial charge in [-0.1, -0.05) is 19.8 Å². The fourth-order valence-corrected chi connectivity index (χ4v) is 1.66. The average Bonchev–Trinajstić information content (AvgIpc) is 2.34. The molecule has 0 saturated heterocycles. The number of nitrogens with one attached hydrogen (secondary N) is 1. The second-order valence-corrected chi connectivity index (χ2v) is 4.68. The number of hydrogen-bond acceptors (Lipinski definition) is 3. The Kier molecular flexibility index (Phi) is 8.34. The number of carbonyl (C=O) groups is 2. The van der Waals surface area contributed by atoms with E-state index in [0.717, 1.165) is 12.8 Å². The number of carboxylic acids is 1. The van der Waals surface area contributed by atoms with Gasteiger partial charge in [-0.05, 0) is 20.3 Å². The molecule has 0 radical (unpaired) electrons. The van der Waals surface area contributed by atoms with Gasteiger partial charge in [-0.25, -0.2) is 9.59 Å². The first-order valence-electron chi connectivity index (χ1n) is 6.60. The van der Waals surface area contributed by atoms with Crippen LogP contribution in [0.2, 0.25) is 0 Å². The molecule has 0 aliphatic rings. The summed E-state index contributed by atoms with van der Waals surface area (Å²) in [6.45, 7) is 5.94. The summed E-state index contributed by atoms with van der Waals surface area (Å²) in [5.41, 5.74) is 0. The van der Waals surface area contributed by atoms with Crippen molar-refractivity contribution in [2.24, 2.45) is 0 Å². The molecule has 6 heteroatoms. The van der Waals surface area contributed by atoms with E-state index >= 15 is 0 Å². The fraction of sp³-hybridized carbons (Fsp3) is 0.769. The van der Waals surface area contributed by atoms with Gasteiger partial charge in [0.25, 0.3) is 0 Å². The first-order valence-corrected chi connectivity index (χ1v) is 6.60. The smallest absolute Gasteiger partial charge is 0.326 e. The lowest BCUT2D eigenvalue weighted by atomic mass is 10.1. The fourth-order valence-electron chi connectivity index (χ4n) is 1.66. The lowest BCUT2D eigenvalue weighted by molar-refractivity contribution is -0.139. The van der Waals surface area contributed by atoms with E-state index < -0.39 is 18.0 Å². The molecule has 0 aromatic rings. The third-order valence-corrected chi connectivity index (χ3v) is 2.79. The number of rotatable bonds is 8. The molecule has 0 fully saturated rings. The van der Waals surface area contributed by atoms with Crippen LogP contribution in [0.5, 0.6) is 0 Å². The minimum atomic E-state index is -1.02. The molecule has 0 heterocycles. The number of aliphatic carboxylic acids is 1. The van der Waals surface area contributed by atoms with E-state index in [-0.39, 0.29) is 12.5 Å². The van der Waals surface area contributed by atoms with Crippen molar-refractivity contribution in [2.75, 3.05) is 6.54 Å². The number of carboxylic acid groups (broad SMARTS) is 1. The van der Waals surface area contributed by atoms with E-state index in [1.807, 2.05) is 26.8 Å². The molecular weight excluding hydrogens is 246 g/mol. The van der Waals surface area contributed by atoms with Gasteiger partial charge in [0.15, 0.2) is 0 Å². The summed E-state index contributed by atoms with van der Waals surface area (Å²) < 4.78 is 0. The first kappa shape index (κ1) is 17.2. The molecule has 2 amide bonds. The second-order valence-electron chi connectivity index (χ2n) is 4.68. The van der Waals surface area contributed by atoms with Gasteiger partial charge in [0, 0.05) is 12.6 Å². The highest BCUT2D eigenvalue weighted by atomic mass is 16.4. The Bertz CT molecular complexity index is 337. The lowest BCUT2D eigenvalue weighted by Gasteiger charge is -2.27. The van der Waals surface area contributed by atoms with Gasteiger partial charge in [0.1, 0.15) is 6.04 Å². The first-order chi connectivity index (χ1) is 8.93. The molecule has 0 aromatic carbocycles. The van der Waals surface area contributed by atoms with E-state index in [2.05, 4.69) is 5.32 Å². The minimum Gasteiger partial charge on any atom is -0.480 e. The summed E-state index contributed by atoms with van der Waals surface area (Å²) in [5.74, 6) is -1.02. The van der Waals surface area contributed by atoms with Crippen LogP contribution in [-0.2, 0) is 4.79 Å². The van der Waals surface area contributed by atoms with Crippen LogP contribution in [0.3, 0.4) is 0 Å². The molecule has 0 bridgehead atoms. The van der Waals surface area contributed by atoms with Crippen molar-refractivity contribution in [1.29, 1.82) is 5.26 Å². The maximum Gasteiger partial charge on any atom is 0.326 e. The van der Waals surface area contributed by atoms with Crippen LogP contribution in [0.1, 0.15) is 46.5 Å². The van der Waals surface area contributed by atoms with Crippen LogP contribution < -0.4 is 5.32 Å². The number of nitrogens with zero attached hydrogens (tertiary/aromatic N) is 2. The van der Waals surface area contributed by atoms with Crippen molar-refractivity contribution in [2.45, 2.75) is 58.5 Å². The van der Waals surface area contributed by atoms with Crippen molar-refractivity contribution in [3.05, 3.63) is 0 Å². The van der Waals surface area contributed by atoms with Crippen LogP contribution in [0.4, 0.5) is 4.79 Å². The molecule has 6 nitrogen and oxygen atoms in total. The van der Waals surface area contributed by atoms with E-state index in [9.17, 15) is 9.59 Å².